The van der Waals surface area contributed by atoms with Crippen LogP contribution in [0.1, 0.15) is 22.4 Å². The zero-order valence-electron chi connectivity index (χ0n) is 15.8. The molecule has 0 unspecified atom stereocenters. The minimum absolute atomic E-state index is 0.0541. The number of nitrogens with one attached hydrogen (secondary N) is 1. The number of hydrogen-bond acceptors (Lipinski definition) is 4. The largest absolute Gasteiger partial charge is 0.493 e. The minimum Gasteiger partial charge on any atom is -0.493 e. The summed E-state index contributed by atoms with van der Waals surface area (Å²) in [4.78, 5) is 0. The van der Waals surface area contributed by atoms with E-state index in [4.69, 9.17) is 4.74 Å². The second kappa shape index (κ2) is 7.77. The molecule has 0 atom stereocenters. The van der Waals surface area contributed by atoms with Crippen molar-refractivity contribution < 1.29 is 13.2 Å². The van der Waals surface area contributed by atoms with E-state index in [0.717, 1.165) is 40.2 Å². The molecule has 0 saturated carbocycles. The van der Waals surface area contributed by atoms with Crippen molar-refractivity contribution in [2.75, 3.05) is 12.4 Å². The molecular formula is C21H23N3O3S. The molecular weight excluding hydrogens is 374 g/mol. The van der Waals surface area contributed by atoms with E-state index in [1.807, 2.05) is 61.7 Å². The smallest absolute Gasteiger partial charge is 0.212 e. The first-order valence-electron chi connectivity index (χ1n) is 9.33. The Morgan fingerprint density at radius 3 is 2.82 bits per heavy atom. The van der Waals surface area contributed by atoms with Gasteiger partial charge in [-0.05, 0) is 42.7 Å². The number of sulfonamides is 1. The number of fused-ring (bicyclic) bond motifs is 1. The first-order chi connectivity index (χ1) is 13.5. The molecule has 0 spiro atoms. The van der Waals surface area contributed by atoms with E-state index in [9.17, 15) is 8.42 Å². The lowest BCUT2D eigenvalue weighted by molar-refractivity contribution is 0.357. The third-order valence-corrected chi connectivity index (χ3v) is 6.24. The number of ether oxygens (including phenoxy) is 1. The summed E-state index contributed by atoms with van der Waals surface area (Å²) in [6, 6.07) is 15.7. The first kappa shape index (κ1) is 18.7. The average Bonchev–Trinajstić information content (AvgIpc) is 3.31. The molecule has 28 heavy (non-hydrogen) atoms. The summed E-state index contributed by atoms with van der Waals surface area (Å²) >= 11 is 0. The molecule has 0 radical (unpaired) electrons. The van der Waals surface area contributed by atoms with Gasteiger partial charge < -0.3 is 4.74 Å². The number of hydrogen-bond donors (Lipinski definition) is 1. The van der Waals surface area contributed by atoms with Gasteiger partial charge in [0.1, 0.15) is 5.75 Å². The topological polar surface area (TPSA) is 73.2 Å². The summed E-state index contributed by atoms with van der Waals surface area (Å²) in [6.45, 7) is 2.82. The maximum Gasteiger partial charge on any atom is 0.212 e. The van der Waals surface area contributed by atoms with Crippen molar-refractivity contribution in [3.8, 4) is 11.4 Å². The summed E-state index contributed by atoms with van der Waals surface area (Å²) in [7, 11) is -3.38. The molecule has 1 aromatic heterocycles. The molecule has 1 N–H and O–H groups in total. The molecule has 7 heteroatoms. The molecule has 0 fully saturated rings. The molecule has 146 valence electrons. The highest BCUT2D eigenvalue weighted by molar-refractivity contribution is 7.89. The van der Waals surface area contributed by atoms with Crippen molar-refractivity contribution in [2.45, 2.75) is 26.3 Å². The standard InChI is InChI=1S/C21H23N3O3S/c1-16-19(15-24(23-16)20-5-3-2-4-6-20)14-22-28(25,26)12-10-17-7-8-21-18(13-17)9-11-27-21/h2-8,13,15,22H,9-12,14H2,1H3. The van der Waals surface area contributed by atoms with Gasteiger partial charge in [0.2, 0.25) is 10.0 Å². The third-order valence-electron chi connectivity index (χ3n) is 4.92. The zero-order chi connectivity index (χ0) is 19.6. The van der Waals surface area contributed by atoms with Crippen LogP contribution < -0.4 is 9.46 Å². The number of aromatic nitrogens is 2. The van der Waals surface area contributed by atoms with Crippen LogP contribution in [0, 0.1) is 6.92 Å². The highest BCUT2D eigenvalue weighted by Gasteiger charge is 2.15. The van der Waals surface area contributed by atoms with E-state index in [2.05, 4.69) is 9.82 Å². The quantitative estimate of drug-likeness (QED) is 0.665. The Hall–Kier alpha value is -2.64. The van der Waals surface area contributed by atoms with Gasteiger partial charge in [0, 0.05) is 24.7 Å². The summed E-state index contributed by atoms with van der Waals surface area (Å²) in [5.41, 5.74) is 4.79. The Labute approximate surface area is 165 Å². The van der Waals surface area contributed by atoms with Crippen LogP contribution in [0.4, 0.5) is 0 Å². The number of para-hydroxylation sites is 1. The van der Waals surface area contributed by atoms with Gasteiger partial charge in [0.25, 0.3) is 0 Å². The molecule has 0 bridgehead atoms. The molecule has 1 aliphatic heterocycles. The SMILES string of the molecule is Cc1nn(-c2ccccc2)cc1CNS(=O)(=O)CCc1ccc2c(c1)CCO2. The number of aryl methyl sites for hydroxylation is 2. The predicted octanol–water partition coefficient (Wildman–Crippen LogP) is 2.78. The number of nitrogens with zero attached hydrogens (tertiary/aromatic N) is 2. The maximum atomic E-state index is 12.4. The van der Waals surface area contributed by atoms with E-state index in [1.165, 1.54) is 0 Å². The number of benzene rings is 2. The van der Waals surface area contributed by atoms with Crippen molar-refractivity contribution in [3.05, 3.63) is 77.1 Å². The Bertz CT molecular complexity index is 1080. The minimum atomic E-state index is -3.38. The van der Waals surface area contributed by atoms with Crippen LogP contribution in [0.25, 0.3) is 5.69 Å². The van der Waals surface area contributed by atoms with Crippen LogP contribution in [0.15, 0.2) is 54.7 Å². The van der Waals surface area contributed by atoms with E-state index in [1.54, 1.807) is 4.68 Å². The van der Waals surface area contributed by atoms with Gasteiger partial charge in [-0.3, -0.25) is 0 Å². The van der Waals surface area contributed by atoms with E-state index in [-0.39, 0.29) is 12.3 Å². The van der Waals surface area contributed by atoms with Crippen LogP contribution >= 0.6 is 0 Å². The third kappa shape index (κ3) is 4.26. The van der Waals surface area contributed by atoms with Gasteiger partial charge in [-0.25, -0.2) is 17.8 Å². The van der Waals surface area contributed by atoms with Crippen molar-refractivity contribution in [2.24, 2.45) is 0 Å². The average molecular weight is 398 g/mol. The lowest BCUT2D eigenvalue weighted by Gasteiger charge is -2.07. The maximum absolute atomic E-state index is 12.4. The lowest BCUT2D eigenvalue weighted by atomic mass is 10.1. The van der Waals surface area contributed by atoms with E-state index in [0.29, 0.717) is 13.0 Å². The Morgan fingerprint density at radius 2 is 2.00 bits per heavy atom. The van der Waals surface area contributed by atoms with Gasteiger partial charge in [-0.2, -0.15) is 5.10 Å². The van der Waals surface area contributed by atoms with Crippen LogP contribution in [-0.2, 0) is 29.4 Å². The van der Waals surface area contributed by atoms with Gasteiger partial charge in [0.15, 0.2) is 0 Å². The van der Waals surface area contributed by atoms with Crippen LogP contribution in [0.2, 0.25) is 0 Å². The highest BCUT2D eigenvalue weighted by atomic mass is 32.2. The zero-order valence-corrected chi connectivity index (χ0v) is 16.6. The molecule has 2 heterocycles. The van der Waals surface area contributed by atoms with Crippen LogP contribution in [0.5, 0.6) is 5.75 Å². The second-order valence-corrected chi connectivity index (χ2v) is 8.88. The van der Waals surface area contributed by atoms with Crippen molar-refractivity contribution in [1.29, 1.82) is 0 Å². The van der Waals surface area contributed by atoms with Gasteiger partial charge >= 0.3 is 0 Å². The molecule has 3 aromatic rings. The van der Waals surface area contributed by atoms with Crippen molar-refractivity contribution >= 4 is 10.0 Å². The predicted molar refractivity (Wildman–Crippen MR) is 108 cm³/mol. The molecule has 0 saturated heterocycles. The Balaban J connectivity index is 1.37. The molecule has 1 aliphatic rings. The summed E-state index contributed by atoms with van der Waals surface area (Å²) < 4.78 is 34.8. The number of rotatable bonds is 7. The van der Waals surface area contributed by atoms with Crippen molar-refractivity contribution in [1.82, 2.24) is 14.5 Å². The van der Waals surface area contributed by atoms with Gasteiger partial charge in [-0.15, -0.1) is 0 Å². The van der Waals surface area contributed by atoms with Gasteiger partial charge in [0.05, 0.1) is 23.7 Å². The molecule has 0 aliphatic carbocycles. The van der Waals surface area contributed by atoms with Crippen LogP contribution in [0.3, 0.4) is 0 Å². The summed E-state index contributed by atoms with van der Waals surface area (Å²) in [5.74, 6) is 0.967. The van der Waals surface area contributed by atoms with E-state index < -0.39 is 10.0 Å². The fraction of sp³-hybridized carbons (Fsp3) is 0.286. The Morgan fingerprint density at radius 1 is 1.18 bits per heavy atom. The normalized spacial score (nSPS) is 13.3. The van der Waals surface area contributed by atoms with Crippen molar-refractivity contribution in [3.63, 3.8) is 0 Å². The molecule has 6 nitrogen and oxygen atoms in total. The monoisotopic (exact) mass is 397 g/mol. The van der Waals surface area contributed by atoms with E-state index >= 15 is 0 Å². The molecule has 0 amide bonds. The molecule has 4 rings (SSSR count). The highest BCUT2D eigenvalue weighted by Crippen LogP contribution is 2.26. The summed E-state index contributed by atoms with van der Waals surface area (Å²) in [6.07, 6.45) is 3.23. The first-order valence-corrected chi connectivity index (χ1v) is 11.0. The summed E-state index contributed by atoms with van der Waals surface area (Å²) in [5, 5.41) is 4.48. The molecule has 2 aromatic carbocycles. The van der Waals surface area contributed by atoms with Crippen LogP contribution in [-0.4, -0.2) is 30.6 Å². The fourth-order valence-corrected chi connectivity index (χ4v) is 4.31. The Kier molecular flexibility index (Phi) is 5.19. The lowest BCUT2D eigenvalue weighted by Crippen LogP contribution is -2.27. The van der Waals surface area contributed by atoms with Gasteiger partial charge in [-0.1, -0.05) is 30.3 Å². The fourth-order valence-electron chi connectivity index (χ4n) is 3.29. The second-order valence-electron chi connectivity index (χ2n) is 6.95.